The lowest BCUT2D eigenvalue weighted by atomic mass is 9.89. The highest BCUT2D eigenvalue weighted by Crippen LogP contribution is 2.39. The van der Waals surface area contributed by atoms with Gasteiger partial charge in [-0.2, -0.15) is 5.10 Å². The van der Waals surface area contributed by atoms with Crippen LogP contribution in [0.1, 0.15) is 44.2 Å². The van der Waals surface area contributed by atoms with Crippen LogP contribution in [0.3, 0.4) is 0 Å². The smallest absolute Gasteiger partial charge is 0.0766 e. The first-order valence-electron chi connectivity index (χ1n) is 8.80. The van der Waals surface area contributed by atoms with Gasteiger partial charge in [0, 0.05) is 25.4 Å². The predicted molar refractivity (Wildman–Crippen MR) is 90.6 cm³/mol. The van der Waals surface area contributed by atoms with E-state index in [0.717, 1.165) is 37.4 Å². The number of para-hydroxylation sites is 1. The van der Waals surface area contributed by atoms with Crippen LogP contribution in [0.4, 0.5) is 0 Å². The lowest BCUT2D eigenvalue weighted by Gasteiger charge is -2.38. The molecule has 23 heavy (non-hydrogen) atoms. The molecule has 1 aliphatic carbocycles. The molecule has 122 valence electrons. The molecule has 2 fully saturated rings. The van der Waals surface area contributed by atoms with Gasteiger partial charge in [-0.25, -0.2) is 4.68 Å². The average Bonchev–Trinajstić information content (AvgIpc) is 3.24. The van der Waals surface area contributed by atoms with Crippen LogP contribution in [0.25, 0.3) is 5.69 Å². The summed E-state index contributed by atoms with van der Waals surface area (Å²) in [6, 6.07) is 12.9. The number of hydrogen-bond donors (Lipinski definition) is 1. The van der Waals surface area contributed by atoms with Crippen LogP contribution in [0.15, 0.2) is 42.6 Å². The zero-order valence-corrected chi connectivity index (χ0v) is 13.6. The Labute approximate surface area is 137 Å². The van der Waals surface area contributed by atoms with Gasteiger partial charge in [-0.05, 0) is 43.9 Å². The second-order valence-electron chi connectivity index (χ2n) is 6.90. The molecule has 2 heterocycles. The summed E-state index contributed by atoms with van der Waals surface area (Å²) in [6.07, 6.45) is 9.45. The molecule has 1 aromatic carbocycles. The monoisotopic (exact) mass is 311 g/mol. The lowest BCUT2D eigenvalue weighted by Crippen LogP contribution is -2.45. The minimum absolute atomic E-state index is 0.180. The van der Waals surface area contributed by atoms with E-state index in [2.05, 4.69) is 28.6 Å². The molecule has 0 amide bonds. The van der Waals surface area contributed by atoms with Crippen LogP contribution in [-0.4, -0.2) is 28.0 Å². The third-order valence-corrected chi connectivity index (χ3v) is 5.24. The van der Waals surface area contributed by atoms with Gasteiger partial charge in [-0.1, -0.05) is 31.0 Å². The Kier molecular flexibility index (Phi) is 4.19. The Morgan fingerprint density at radius 3 is 2.83 bits per heavy atom. The maximum absolute atomic E-state index is 6.11. The molecule has 4 nitrogen and oxygen atoms in total. The van der Waals surface area contributed by atoms with Crippen molar-refractivity contribution in [3.05, 3.63) is 48.3 Å². The molecule has 1 aromatic heterocycles. The van der Waals surface area contributed by atoms with Gasteiger partial charge in [-0.3, -0.25) is 0 Å². The van der Waals surface area contributed by atoms with E-state index in [1.807, 2.05) is 29.1 Å². The van der Waals surface area contributed by atoms with Crippen molar-refractivity contribution in [2.75, 3.05) is 6.61 Å². The van der Waals surface area contributed by atoms with Gasteiger partial charge in [0.1, 0.15) is 0 Å². The number of rotatable bonds is 4. The predicted octanol–water partition coefficient (Wildman–Crippen LogP) is 3.45. The van der Waals surface area contributed by atoms with Crippen molar-refractivity contribution in [2.24, 2.45) is 0 Å². The maximum Gasteiger partial charge on any atom is 0.0766 e. The van der Waals surface area contributed by atoms with Crippen molar-refractivity contribution in [3.63, 3.8) is 0 Å². The van der Waals surface area contributed by atoms with Gasteiger partial charge in [0.15, 0.2) is 0 Å². The fourth-order valence-electron chi connectivity index (χ4n) is 4.00. The molecule has 0 radical (unpaired) electrons. The normalized spacial score (nSPS) is 23.4. The summed E-state index contributed by atoms with van der Waals surface area (Å²) in [5, 5.41) is 8.37. The van der Waals surface area contributed by atoms with E-state index in [1.165, 1.54) is 25.7 Å². The van der Waals surface area contributed by atoms with Gasteiger partial charge in [0.25, 0.3) is 0 Å². The highest BCUT2D eigenvalue weighted by atomic mass is 16.5. The first kappa shape index (κ1) is 14.9. The Hall–Kier alpha value is -1.65. The van der Waals surface area contributed by atoms with Crippen molar-refractivity contribution < 1.29 is 4.74 Å². The molecule has 1 saturated heterocycles. The molecule has 2 aliphatic rings. The molecule has 1 spiro atoms. The SMILES string of the molecule is c1ccc(-n2ccc(CNC3CCOC4(CCCC4)C3)n2)cc1. The third kappa shape index (κ3) is 3.33. The fourth-order valence-corrected chi connectivity index (χ4v) is 4.00. The van der Waals surface area contributed by atoms with Gasteiger partial charge < -0.3 is 10.1 Å². The molecule has 1 atom stereocenters. The van der Waals surface area contributed by atoms with Crippen LogP contribution < -0.4 is 5.32 Å². The van der Waals surface area contributed by atoms with Crippen molar-refractivity contribution >= 4 is 0 Å². The second-order valence-corrected chi connectivity index (χ2v) is 6.90. The largest absolute Gasteiger partial charge is 0.375 e. The summed E-state index contributed by atoms with van der Waals surface area (Å²) >= 11 is 0. The van der Waals surface area contributed by atoms with Gasteiger partial charge in [0.05, 0.1) is 17.0 Å². The quantitative estimate of drug-likeness (QED) is 0.940. The van der Waals surface area contributed by atoms with E-state index < -0.39 is 0 Å². The van der Waals surface area contributed by atoms with Gasteiger partial charge in [-0.15, -0.1) is 0 Å². The summed E-state index contributed by atoms with van der Waals surface area (Å²) in [7, 11) is 0. The van der Waals surface area contributed by atoms with E-state index >= 15 is 0 Å². The second kappa shape index (κ2) is 6.46. The topological polar surface area (TPSA) is 39.1 Å². The molecular weight excluding hydrogens is 286 g/mol. The number of hydrogen-bond acceptors (Lipinski definition) is 3. The standard InChI is InChI=1S/C19H25N3O/c1-2-6-18(7-3-1)22-12-8-17(21-22)15-20-16-9-13-23-19(14-16)10-4-5-11-19/h1-3,6-8,12,16,20H,4-5,9-11,13-15H2. The highest BCUT2D eigenvalue weighted by Gasteiger charge is 2.39. The molecule has 1 saturated carbocycles. The molecule has 1 N–H and O–H groups in total. The summed E-state index contributed by atoms with van der Waals surface area (Å²) < 4.78 is 8.05. The first-order valence-corrected chi connectivity index (χ1v) is 8.80. The third-order valence-electron chi connectivity index (χ3n) is 5.24. The van der Waals surface area contributed by atoms with Crippen LogP contribution >= 0.6 is 0 Å². The average molecular weight is 311 g/mol. The molecule has 0 bridgehead atoms. The Bertz CT molecular complexity index is 631. The minimum atomic E-state index is 0.180. The first-order chi connectivity index (χ1) is 11.3. The molecule has 4 rings (SSSR count). The zero-order chi connectivity index (χ0) is 15.5. The van der Waals surface area contributed by atoms with E-state index in [1.54, 1.807) is 0 Å². The Balaban J connectivity index is 1.35. The summed E-state index contributed by atoms with van der Waals surface area (Å²) in [6.45, 7) is 1.73. The van der Waals surface area contributed by atoms with E-state index in [9.17, 15) is 0 Å². The minimum Gasteiger partial charge on any atom is -0.375 e. The van der Waals surface area contributed by atoms with E-state index in [0.29, 0.717) is 6.04 Å². The number of ether oxygens (including phenoxy) is 1. The number of nitrogens with zero attached hydrogens (tertiary/aromatic N) is 2. The zero-order valence-electron chi connectivity index (χ0n) is 13.6. The van der Waals surface area contributed by atoms with Crippen LogP contribution in [-0.2, 0) is 11.3 Å². The lowest BCUT2D eigenvalue weighted by molar-refractivity contribution is -0.0838. The fraction of sp³-hybridized carbons (Fsp3) is 0.526. The number of benzene rings is 1. The van der Waals surface area contributed by atoms with E-state index in [-0.39, 0.29) is 5.60 Å². The molecule has 4 heteroatoms. The van der Waals surface area contributed by atoms with Crippen LogP contribution in [0.5, 0.6) is 0 Å². The van der Waals surface area contributed by atoms with Gasteiger partial charge in [0.2, 0.25) is 0 Å². The number of nitrogens with one attached hydrogen (secondary N) is 1. The summed E-state index contributed by atoms with van der Waals surface area (Å²) in [5.41, 5.74) is 2.38. The molecule has 1 unspecified atom stereocenters. The Morgan fingerprint density at radius 1 is 1.17 bits per heavy atom. The Morgan fingerprint density at radius 2 is 2.00 bits per heavy atom. The van der Waals surface area contributed by atoms with Crippen molar-refractivity contribution in [1.82, 2.24) is 15.1 Å². The van der Waals surface area contributed by atoms with Gasteiger partial charge >= 0.3 is 0 Å². The van der Waals surface area contributed by atoms with Crippen molar-refractivity contribution in [1.29, 1.82) is 0 Å². The highest BCUT2D eigenvalue weighted by molar-refractivity contribution is 5.30. The van der Waals surface area contributed by atoms with Crippen LogP contribution in [0, 0.1) is 0 Å². The van der Waals surface area contributed by atoms with Crippen molar-refractivity contribution in [3.8, 4) is 5.69 Å². The summed E-state index contributed by atoms with van der Waals surface area (Å²) in [5.74, 6) is 0. The summed E-state index contributed by atoms with van der Waals surface area (Å²) in [4.78, 5) is 0. The molecule has 2 aromatic rings. The molecule has 1 aliphatic heterocycles. The van der Waals surface area contributed by atoms with E-state index in [4.69, 9.17) is 4.74 Å². The maximum atomic E-state index is 6.11. The number of aromatic nitrogens is 2. The molecular formula is C19H25N3O. The van der Waals surface area contributed by atoms with Crippen LogP contribution in [0.2, 0.25) is 0 Å². The van der Waals surface area contributed by atoms with Crippen molar-refractivity contribution in [2.45, 2.75) is 56.7 Å².